The van der Waals surface area contributed by atoms with Crippen LogP contribution < -0.4 is 21.1 Å². The Labute approximate surface area is 117 Å². The maximum Gasteiger partial charge on any atom is 0.237 e. The van der Waals surface area contributed by atoms with Crippen LogP contribution in [0.15, 0.2) is 18.2 Å². The Morgan fingerprint density at radius 2 is 2.42 bits per heavy atom. The van der Waals surface area contributed by atoms with Crippen LogP contribution >= 0.6 is 11.6 Å². The molecule has 1 aromatic carbocycles. The molecule has 5 nitrogen and oxygen atoms in total. The van der Waals surface area contributed by atoms with Crippen molar-refractivity contribution in [1.29, 1.82) is 0 Å². The second-order valence-corrected chi connectivity index (χ2v) is 5.07. The van der Waals surface area contributed by atoms with Crippen LogP contribution in [0.3, 0.4) is 0 Å². The van der Waals surface area contributed by atoms with Crippen LogP contribution in [0.1, 0.15) is 12.0 Å². The summed E-state index contributed by atoms with van der Waals surface area (Å²) in [6.07, 6.45) is 0.665. The standard InChI is InChI=1S/C13H18ClN3O2/c1-19-12-3-2-9(14)4-8(12)6-17-13(18)11-5-10(15)7-16-11/h2-4,10-11,16H,5-7,15H2,1H3,(H,17,18). The largest absolute Gasteiger partial charge is 0.496 e. The van der Waals surface area contributed by atoms with E-state index in [2.05, 4.69) is 10.6 Å². The van der Waals surface area contributed by atoms with Gasteiger partial charge in [0.25, 0.3) is 0 Å². The number of carbonyl (C=O) groups is 1. The maximum absolute atomic E-state index is 11.9. The van der Waals surface area contributed by atoms with Crippen molar-refractivity contribution in [2.45, 2.75) is 25.0 Å². The number of methoxy groups -OCH3 is 1. The Bertz CT molecular complexity index is 467. The van der Waals surface area contributed by atoms with Gasteiger partial charge in [0.15, 0.2) is 0 Å². The van der Waals surface area contributed by atoms with Crippen LogP contribution in [0, 0.1) is 0 Å². The van der Waals surface area contributed by atoms with Gasteiger partial charge in [-0.2, -0.15) is 0 Å². The number of ether oxygens (including phenoxy) is 1. The van der Waals surface area contributed by atoms with E-state index in [0.29, 0.717) is 30.3 Å². The van der Waals surface area contributed by atoms with E-state index in [-0.39, 0.29) is 18.0 Å². The first kappa shape index (κ1) is 14.1. The average molecular weight is 284 g/mol. The van der Waals surface area contributed by atoms with Crippen molar-refractivity contribution in [2.24, 2.45) is 5.73 Å². The van der Waals surface area contributed by atoms with Gasteiger partial charge >= 0.3 is 0 Å². The first-order valence-electron chi connectivity index (χ1n) is 6.19. The van der Waals surface area contributed by atoms with Crippen molar-refractivity contribution < 1.29 is 9.53 Å². The molecule has 19 heavy (non-hydrogen) atoms. The molecule has 1 aliphatic heterocycles. The average Bonchev–Trinajstić information content (AvgIpc) is 2.83. The van der Waals surface area contributed by atoms with Crippen LogP contribution in [0.25, 0.3) is 0 Å². The molecule has 1 saturated heterocycles. The summed E-state index contributed by atoms with van der Waals surface area (Å²) in [5, 5.41) is 6.57. The zero-order chi connectivity index (χ0) is 13.8. The minimum absolute atomic E-state index is 0.0463. The molecule has 1 aliphatic rings. The monoisotopic (exact) mass is 283 g/mol. The highest BCUT2D eigenvalue weighted by molar-refractivity contribution is 6.30. The van der Waals surface area contributed by atoms with Crippen molar-refractivity contribution in [2.75, 3.05) is 13.7 Å². The highest BCUT2D eigenvalue weighted by Crippen LogP contribution is 2.22. The van der Waals surface area contributed by atoms with Gasteiger partial charge in [-0.3, -0.25) is 4.79 Å². The lowest BCUT2D eigenvalue weighted by atomic mass is 10.1. The summed E-state index contributed by atoms with van der Waals surface area (Å²) >= 11 is 5.94. The fourth-order valence-electron chi connectivity index (χ4n) is 2.15. The third-order valence-corrected chi connectivity index (χ3v) is 3.41. The second-order valence-electron chi connectivity index (χ2n) is 4.63. The summed E-state index contributed by atoms with van der Waals surface area (Å²) in [6.45, 7) is 1.06. The van der Waals surface area contributed by atoms with Crippen molar-refractivity contribution in [3.05, 3.63) is 28.8 Å². The van der Waals surface area contributed by atoms with E-state index in [9.17, 15) is 4.79 Å². The molecular weight excluding hydrogens is 266 g/mol. The number of benzene rings is 1. The Hall–Kier alpha value is -1.30. The highest BCUT2D eigenvalue weighted by Gasteiger charge is 2.26. The quantitative estimate of drug-likeness (QED) is 0.758. The normalized spacial score (nSPS) is 22.3. The molecule has 0 aliphatic carbocycles. The van der Waals surface area contributed by atoms with Gasteiger partial charge in [-0.15, -0.1) is 0 Å². The lowest BCUT2D eigenvalue weighted by Gasteiger charge is -2.13. The lowest BCUT2D eigenvalue weighted by molar-refractivity contribution is -0.122. The molecule has 4 N–H and O–H groups in total. The first-order chi connectivity index (χ1) is 9.10. The lowest BCUT2D eigenvalue weighted by Crippen LogP contribution is -2.40. The van der Waals surface area contributed by atoms with Gasteiger partial charge in [-0.1, -0.05) is 11.6 Å². The van der Waals surface area contributed by atoms with Gasteiger partial charge in [0.2, 0.25) is 5.91 Å². The summed E-state index contributed by atoms with van der Waals surface area (Å²) < 4.78 is 5.23. The number of halogens is 1. The summed E-state index contributed by atoms with van der Waals surface area (Å²) in [7, 11) is 1.59. The smallest absolute Gasteiger partial charge is 0.237 e. The number of hydrogen-bond acceptors (Lipinski definition) is 4. The molecule has 1 aromatic rings. The number of rotatable bonds is 4. The van der Waals surface area contributed by atoms with Gasteiger partial charge in [-0.25, -0.2) is 0 Å². The second kappa shape index (κ2) is 6.23. The van der Waals surface area contributed by atoms with Crippen molar-refractivity contribution in [1.82, 2.24) is 10.6 Å². The zero-order valence-electron chi connectivity index (χ0n) is 10.8. The Kier molecular flexibility index (Phi) is 4.63. The number of nitrogens with one attached hydrogen (secondary N) is 2. The molecule has 104 valence electrons. The van der Waals surface area contributed by atoms with Gasteiger partial charge in [-0.05, 0) is 24.6 Å². The summed E-state index contributed by atoms with van der Waals surface area (Å²) in [5.74, 6) is 0.663. The van der Waals surface area contributed by atoms with Gasteiger partial charge in [0.1, 0.15) is 5.75 Å². The third kappa shape index (κ3) is 3.59. The Balaban J connectivity index is 1.95. The predicted octanol–water partition coefficient (Wildman–Crippen LogP) is 0.654. The predicted molar refractivity (Wildman–Crippen MR) is 74.2 cm³/mol. The summed E-state index contributed by atoms with van der Waals surface area (Å²) in [6, 6.07) is 5.17. The van der Waals surface area contributed by atoms with Crippen LogP contribution in [0.4, 0.5) is 0 Å². The number of hydrogen-bond donors (Lipinski definition) is 3. The molecule has 6 heteroatoms. The van der Waals surface area contributed by atoms with Crippen LogP contribution in [-0.4, -0.2) is 31.6 Å². The Morgan fingerprint density at radius 1 is 1.63 bits per heavy atom. The number of amides is 1. The number of nitrogens with two attached hydrogens (primary N) is 1. The van der Waals surface area contributed by atoms with E-state index in [4.69, 9.17) is 22.1 Å². The minimum Gasteiger partial charge on any atom is -0.496 e. The number of carbonyl (C=O) groups excluding carboxylic acids is 1. The van der Waals surface area contributed by atoms with E-state index in [1.54, 1.807) is 25.3 Å². The maximum atomic E-state index is 11.9. The minimum atomic E-state index is -0.208. The molecule has 0 saturated carbocycles. The van der Waals surface area contributed by atoms with E-state index in [0.717, 1.165) is 5.56 Å². The molecule has 1 heterocycles. The third-order valence-electron chi connectivity index (χ3n) is 3.18. The molecule has 1 amide bonds. The van der Waals surface area contributed by atoms with Crippen LogP contribution in [0.2, 0.25) is 5.02 Å². The van der Waals surface area contributed by atoms with Crippen molar-refractivity contribution in [3.8, 4) is 5.75 Å². The van der Waals surface area contributed by atoms with E-state index < -0.39 is 0 Å². The molecule has 0 radical (unpaired) electrons. The molecule has 2 atom stereocenters. The van der Waals surface area contributed by atoms with Crippen molar-refractivity contribution >= 4 is 17.5 Å². The first-order valence-corrected chi connectivity index (χ1v) is 6.57. The Morgan fingerprint density at radius 3 is 3.05 bits per heavy atom. The van der Waals surface area contributed by atoms with Crippen LogP contribution in [0.5, 0.6) is 5.75 Å². The van der Waals surface area contributed by atoms with E-state index in [1.807, 2.05) is 0 Å². The fourth-order valence-corrected chi connectivity index (χ4v) is 2.35. The van der Waals surface area contributed by atoms with Gasteiger partial charge in [0, 0.05) is 29.7 Å². The van der Waals surface area contributed by atoms with Crippen molar-refractivity contribution in [3.63, 3.8) is 0 Å². The van der Waals surface area contributed by atoms with E-state index in [1.165, 1.54) is 0 Å². The summed E-state index contributed by atoms with van der Waals surface area (Å²) in [4.78, 5) is 11.9. The molecule has 2 unspecified atom stereocenters. The zero-order valence-corrected chi connectivity index (χ0v) is 11.5. The molecule has 0 spiro atoms. The van der Waals surface area contributed by atoms with Gasteiger partial charge < -0.3 is 21.1 Å². The molecule has 0 aromatic heterocycles. The SMILES string of the molecule is COc1ccc(Cl)cc1CNC(=O)C1CC(N)CN1. The fraction of sp³-hybridized carbons (Fsp3) is 0.462. The molecule has 1 fully saturated rings. The van der Waals surface area contributed by atoms with E-state index >= 15 is 0 Å². The molecular formula is C13H18ClN3O2. The molecule has 2 rings (SSSR count). The highest BCUT2D eigenvalue weighted by atomic mass is 35.5. The van der Waals surface area contributed by atoms with Gasteiger partial charge in [0.05, 0.1) is 13.2 Å². The summed E-state index contributed by atoms with van der Waals surface area (Å²) in [5.41, 5.74) is 6.61. The molecule has 0 bridgehead atoms. The van der Waals surface area contributed by atoms with Crippen LogP contribution in [-0.2, 0) is 11.3 Å². The topological polar surface area (TPSA) is 76.4 Å².